The predicted octanol–water partition coefficient (Wildman–Crippen LogP) is 26.7. The van der Waals surface area contributed by atoms with Gasteiger partial charge in [0.05, 0.1) is 55.2 Å². The molecule has 516 valence electrons. The van der Waals surface area contributed by atoms with Crippen LogP contribution in [0, 0.1) is 0 Å². The molecule has 112 heavy (non-hydrogen) atoms. The summed E-state index contributed by atoms with van der Waals surface area (Å²) in [6, 6.07) is 123. The lowest BCUT2D eigenvalue weighted by atomic mass is 9.97. The van der Waals surface area contributed by atoms with Crippen LogP contribution in [0.5, 0.6) is 0 Å². The lowest BCUT2D eigenvalue weighted by molar-refractivity contribution is 0.662. The van der Waals surface area contributed by atoms with E-state index in [9.17, 15) is 0 Å². The summed E-state index contributed by atoms with van der Waals surface area (Å²) in [5.74, 6) is 2.59. The molecule has 10 heterocycles. The molecule has 10 nitrogen and oxygen atoms in total. The number of furan rings is 2. The molecule has 0 aliphatic carbocycles. The fourth-order valence-electron chi connectivity index (χ4n) is 19.0. The van der Waals surface area contributed by atoms with E-state index in [1.807, 2.05) is 24.3 Å². The minimum absolute atomic E-state index is 0.605. The first-order valence-electron chi connectivity index (χ1n) is 38.1. The highest BCUT2D eigenvalue weighted by Gasteiger charge is 2.31. The molecule has 0 atom stereocenters. The summed E-state index contributed by atoms with van der Waals surface area (Å²) in [6.07, 6.45) is 0. The largest absolute Gasteiger partial charge is 0.450 e. The smallest absolute Gasteiger partial charge is 0.197 e. The maximum absolute atomic E-state index is 7.01. The van der Waals surface area contributed by atoms with Gasteiger partial charge in [0, 0.05) is 86.5 Å². The van der Waals surface area contributed by atoms with Crippen LogP contribution in [0.3, 0.4) is 0 Å². The second-order valence-electron chi connectivity index (χ2n) is 29.9. The third kappa shape index (κ3) is 8.19. The highest BCUT2D eigenvalue weighted by atomic mass is 16.3. The van der Waals surface area contributed by atoms with Crippen LogP contribution in [-0.4, -0.2) is 37.9 Å². The number of hydrogen-bond acceptors (Lipinski definition) is 6. The topological polar surface area (TPSA) is 96.5 Å². The Morgan fingerprint density at radius 1 is 0.205 bits per heavy atom. The van der Waals surface area contributed by atoms with Crippen LogP contribution >= 0.6 is 0 Å². The van der Waals surface area contributed by atoms with Gasteiger partial charge >= 0.3 is 0 Å². The van der Waals surface area contributed by atoms with E-state index in [0.717, 1.165) is 126 Å². The number of aromatic nitrogens is 8. The van der Waals surface area contributed by atoms with Crippen molar-refractivity contribution in [3.63, 3.8) is 0 Å². The molecule has 0 N–H and O–H groups in total. The Labute approximate surface area is 636 Å². The molecule has 0 aliphatic heterocycles. The van der Waals surface area contributed by atoms with E-state index >= 15 is 0 Å². The molecule has 0 radical (unpaired) electrons. The van der Waals surface area contributed by atoms with E-state index in [2.05, 4.69) is 333 Å². The van der Waals surface area contributed by atoms with Crippen LogP contribution < -0.4 is 0 Å². The fourth-order valence-corrected chi connectivity index (χ4v) is 19.0. The standard InChI is InChI=1S/C102H56N8O2/c1-3-19-57(20-4-1)66-45-48-69-76-55-85-89(91-72-26-10-14-30-79(72)107(95(76)91)83(69)53-66)71-25-9-16-32-81(71)109(85)101-97-93(74-28-12-17-33-87(74)111-97)103-99(105-101)63-42-39-61(40-43-63)60-35-37-62(38-36-60)65-47-50-82-78(52-65)90-86(56-77-70-49-46-67(58-21-5-2-6-22-58)54-84(70)108-80-31-15-11-27-73(80)92(90)96(77)108)110(82)102-98-94(75-29-13-18-34-88(75)112-98)104-100(106-102)68-44-41-59-23-7-8-24-64(59)51-68/h1-56H. The minimum Gasteiger partial charge on any atom is -0.450 e. The average Bonchev–Trinajstić information content (AvgIpc) is 1.52. The lowest BCUT2D eigenvalue weighted by Gasteiger charge is -2.11. The molecule has 0 saturated carbocycles. The van der Waals surface area contributed by atoms with Gasteiger partial charge in [0.2, 0.25) is 0 Å². The zero-order valence-corrected chi connectivity index (χ0v) is 59.7. The first kappa shape index (κ1) is 59.8. The summed E-state index contributed by atoms with van der Waals surface area (Å²) in [5, 5.41) is 18.2. The summed E-state index contributed by atoms with van der Waals surface area (Å²) in [4.78, 5) is 22.2. The normalized spacial score (nSPS) is 12.5. The molecule has 0 amide bonds. The molecule has 10 aromatic heterocycles. The van der Waals surface area contributed by atoms with E-state index in [1.54, 1.807) is 0 Å². The first-order chi connectivity index (χ1) is 55.5. The number of para-hydroxylation sites is 5. The van der Waals surface area contributed by atoms with Gasteiger partial charge in [-0.1, -0.05) is 255 Å². The second kappa shape index (κ2) is 22.2. The van der Waals surface area contributed by atoms with Gasteiger partial charge < -0.3 is 17.6 Å². The molecule has 16 aromatic carbocycles. The highest BCUT2D eigenvalue weighted by Crippen LogP contribution is 2.52. The first-order valence-corrected chi connectivity index (χ1v) is 38.1. The van der Waals surface area contributed by atoms with Crippen LogP contribution in [0.25, 0.3) is 254 Å². The van der Waals surface area contributed by atoms with Gasteiger partial charge in [-0.3, -0.25) is 9.13 Å². The van der Waals surface area contributed by atoms with Gasteiger partial charge in [-0.2, -0.15) is 0 Å². The average molecular weight is 1430 g/mol. The summed E-state index contributed by atoms with van der Waals surface area (Å²) in [6.45, 7) is 0. The van der Waals surface area contributed by atoms with E-state index in [-0.39, 0.29) is 0 Å². The minimum atomic E-state index is 0.605. The Morgan fingerprint density at radius 2 is 0.589 bits per heavy atom. The summed E-state index contributed by atoms with van der Waals surface area (Å²) < 4.78 is 23.6. The molecule has 0 spiro atoms. The third-order valence-electron chi connectivity index (χ3n) is 24.0. The molecule has 0 saturated heterocycles. The summed E-state index contributed by atoms with van der Waals surface area (Å²) in [7, 11) is 0. The van der Waals surface area contributed by atoms with Crippen molar-refractivity contribution in [1.82, 2.24) is 37.9 Å². The van der Waals surface area contributed by atoms with Gasteiger partial charge in [0.1, 0.15) is 22.2 Å². The molecule has 0 fully saturated rings. The Hall–Kier alpha value is -15.3. The Balaban J connectivity index is 0.632. The molecule has 0 bridgehead atoms. The molecular formula is C102H56N8O2. The predicted molar refractivity (Wildman–Crippen MR) is 460 cm³/mol. The number of benzene rings is 16. The molecule has 0 aliphatic rings. The highest BCUT2D eigenvalue weighted by molar-refractivity contribution is 6.38. The van der Waals surface area contributed by atoms with Crippen molar-refractivity contribution in [3.8, 4) is 78.9 Å². The summed E-state index contributed by atoms with van der Waals surface area (Å²) >= 11 is 0. The molecule has 0 unspecified atom stereocenters. The Morgan fingerprint density at radius 3 is 1.13 bits per heavy atom. The molecule has 26 aromatic rings. The fraction of sp³-hybridized carbons (Fsp3) is 0. The number of hydrogen-bond donors (Lipinski definition) is 0. The van der Waals surface area contributed by atoms with Crippen molar-refractivity contribution in [1.29, 1.82) is 0 Å². The maximum Gasteiger partial charge on any atom is 0.197 e. The zero-order chi connectivity index (χ0) is 72.7. The van der Waals surface area contributed by atoms with Gasteiger partial charge in [0.25, 0.3) is 0 Å². The van der Waals surface area contributed by atoms with E-state index in [4.69, 9.17) is 28.8 Å². The van der Waals surface area contributed by atoms with Crippen LogP contribution in [0.4, 0.5) is 0 Å². The number of fused-ring (bicyclic) bond motifs is 27. The van der Waals surface area contributed by atoms with Gasteiger partial charge in [0.15, 0.2) is 34.5 Å². The van der Waals surface area contributed by atoms with Crippen LogP contribution in [0.15, 0.2) is 349 Å². The van der Waals surface area contributed by atoms with Crippen molar-refractivity contribution in [2.45, 2.75) is 0 Å². The van der Waals surface area contributed by atoms with Crippen LogP contribution in [-0.2, 0) is 0 Å². The van der Waals surface area contributed by atoms with Crippen LogP contribution in [0.2, 0.25) is 0 Å². The van der Waals surface area contributed by atoms with Crippen molar-refractivity contribution < 1.29 is 8.83 Å². The lowest BCUT2D eigenvalue weighted by Crippen LogP contribution is -2.02. The van der Waals surface area contributed by atoms with Crippen LogP contribution in [0.1, 0.15) is 0 Å². The monoisotopic (exact) mass is 1420 g/mol. The third-order valence-corrected chi connectivity index (χ3v) is 24.0. The Kier molecular flexibility index (Phi) is 11.9. The maximum atomic E-state index is 7.01. The summed E-state index contributed by atoms with van der Waals surface area (Å²) in [5.41, 5.74) is 26.4. The van der Waals surface area contributed by atoms with Gasteiger partial charge in [-0.25, -0.2) is 19.9 Å². The van der Waals surface area contributed by atoms with Crippen molar-refractivity contribution in [2.75, 3.05) is 0 Å². The second-order valence-corrected chi connectivity index (χ2v) is 29.9. The quantitative estimate of drug-likeness (QED) is 0.150. The zero-order valence-electron chi connectivity index (χ0n) is 59.7. The van der Waals surface area contributed by atoms with E-state index in [0.29, 0.717) is 34.5 Å². The van der Waals surface area contributed by atoms with Gasteiger partial charge in [-0.15, -0.1) is 0 Å². The van der Waals surface area contributed by atoms with E-state index < -0.39 is 0 Å². The van der Waals surface area contributed by atoms with Crippen molar-refractivity contribution >= 4 is 175 Å². The SMILES string of the molecule is c1ccc(-c2ccc3c4cc5c(c6ccccc6n5-c5nc(-c6ccc(-c7ccc(-c8ccc9c(c8)c8c%10c%11ccccc%11n%11c%12cc(-c%13ccccc%13)ccc%12c(cc8n9-c8nc(-c9ccc%12ccccc%12c9)nc9c8oc8ccccc89)c%10%11)cc7)cc6)nc6c5oc5ccccc56)c5c6ccccc6n(c3c2)c45)cc1. The number of rotatable bonds is 8. The van der Waals surface area contributed by atoms with Crippen molar-refractivity contribution in [2.24, 2.45) is 0 Å². The molecule has 26 rings (SSSR count). The molecular weight excluding hydrogens is 1370 g/mol. The Bertz CT molecular complexity index is 8550. The van der Waals surface area contributed by atoms with Gasteiger partial charge in [-0.05, 0) is 140 Å². The van der Waals surface area contributed by atoms with E-state index in [1.165, 1.54) is 92.8 Å². The molecule has 10 heteroatoms. The van der Waals surface area contributed by atoms with Crippen molar-refractivity contribution in [3.05, 3.63) is 340 Å². The number of nitrogens with zero attached hydrogens (tertiary/aromatic N) is 8.